The number of aromatic nitrogens is 2. The summed E-state index contributed by atoms with van der Waals surface area (Å²) in [6, 6.07) is 0.241. The summed E-state index contributed by atoms with van der Waals surface area (Å²) in [4.78, 5) is 0. The molecule has 0 aromatic carbocycles. The fourth-order valence-electron chi connectivity index (χ4n) is 1.24. The van der Waals surface area contributed by atoms with Gasteiger partial charge in [0.2, 0.25) is 0 Å². The molecule has 0 radical (unpaired) electrons. The third-order valence-electron chi connectivity index (χ3n) is 2.10. The van der Waals surface area contributed by atoms with Crippen LogP contribution in [0.5, 0.6) is 0 Å². The molecule has 1 atom stereocenters. The second-order valence-electron chi connectivity index (χ2n) is 2.99. The second kappa shape index (κ2) is 5.18. The first-order valence-corrected chi connectivity index (χ1v) is 5.24. The SMILES string of the molecule is CC#CCC(NC)c1cnn(C)c1Br. The monoisotopic (exact) mass is 255 g/mol. The van der Waals surface area contributed by atoms with E-state index in [1.165, 1.54) is 0 Å². The molecule has 3 nitrogen and oxygen atoms in total. The summed E-state index contributed by atoms with van der Waals surface area (Å²) in [6.07, 6.45) is 2.67. The van der Waals surface area contributed by atoms with Gasteiger partial charge in [-0.3, -0.25) is 4.68 Å². The highest BCUT2D eigenvalue weighted by Crippen LogP contribution is 2.24. The van der Waals surface area contributed by atoms with Crippen LogP contribution in [0.1, 0.15) is 24.9 Å². The molecule has 0 fully saturated rings. The number of rotatable bonds is 3. The van der Waals surface area contributed by atoms with E-state index in [9.17, 15) is 0 Å². The van der Waals surface area contributed by atoms with Crippen LogP contribution >= 0.6 is 15.9 Å². The highest BCUT2D eigenvalue weighted by Gasteiger charge is 2.14. The van der Waals surface area contributed by atoms with Gasteiger partial charge in [0, 0.05) is 25.1 Å². The van der Waals surface area contributed by atoms with Crippen LogP contribution in [-0.2, 0) is 7.05 Å². The van der Waals surface area contributed by atoms with E-state index in [0.717, 1.165) is 16.6 Å². The number of hydrogen-bond acceptors (Lipinski definition) is 2. The Hall–Kier alpha value is -0.790. The minimum atomic E-state index is 0.241. The molecule has 0 aliphatic heterocycles. The third kappa shape index (κ3) is 2.37. The van der Waals surface area contributed by atoms with Crippen LogP contribution in [0.3, 0.4) is 0 Å². The maximum absolute atomic E-state index is 4.17. The largest absolute Gasteiger partial charge is 0.312 e. The summed E-state index contributed by atoms with van der Waals surface area (Å²) in [5, 5.41) is 7.40. The predicted molar refractivity (Wildman–Crippen MR) is 60.8 cm³/mol. The smallest absolute Gasteiger partial charge is 0.108 e. The second-order valence-corrected chi connectivity index (χ2v) is 3.74. The van der Waals surface area contributed by atoms with Crippen molar-refractivity contribution in [2.75, 3.05) is 7.05 Å². The predicted octanol–water partition coefficient (Wildman–Crippen LogP) is 1.86. The molecule has 1 rings (SSSR count). The number of nitrogens with one attached hydrogen (secondary N) is 1. The standard InChI is InChI=1S/C10H14BrN3/c1-4-5-6-9(12-2)8-7-13-14(3)10(8)11/h7,9,12H,6H2,1-3H3. The Bertz CT molecular complexity index is 359. The summed E-state index contributed by atoms with van der Waals surface area (Å²) >= 11 is 3.50. The van der Waals surface area contributed by atoms with E-state index in [1.54, 1.807) is 4.68 Å². The van der Waals surface area contributed by atoms with Crippen molar-refractivity contribution in [3.05, 3.63) is 16.4 Å². The highest BCUT2D eigenvalue weighted by molar-refractivity contribution is 9.10. The molecule has 0 aliphatic carbocycles. The van der Waals surface area contributed by atoms with Crippen molar-refractivity contribution in [3.63, 3.8) is 0 Å². The molecule has 1 unspecified atom stereocenters. The van der Waals surface area contributed by atoms with Crippen molar-refractivity contribution in [2.45, 2.75) is 19.4 Å². The Balaban J connectivity index is 2.87. The van der Waals surface area contributed by atoms with Crippen molar-refractivity contribution < 1.29 is 0 Å². The van der Waals surface area contributed by atoms with E-state index < -0.39 is 0 Å². The molecular weight excluding hydrogens is 242 g/mol. The first kappa shape index (κ1) is 11.3. The van der Waals surface area contributed by atoms with Gasteiger partial charge in [0.05, 0.1) is 6.20 Å². The molecule has 0 aliphatic rings. The van der Waals surface area contributed by atoms with Crippen molar-refractivity contribution in [2.24, 2.45) is 7.05 Å². The quantitative estimate of drug-likeness (QED) is 0.836. The number of aryl methyl sites for hydroxylation is 1. The molecule has 14 heavy (non-hydrogen) atoms. The van der Waals surface area contributed by atoms with Gasteiger partial charge in [0.25, 0.3) is 0 Å². The fraction of sp³-hybridized carbons (Fsp3) is 0.500. The highest BCUT2D eigenvalue weighted by atomic mass is 79.9. The maximum atomic E-state index is 4.17. The van der Waals surface area contributed by atoms with Gasteiger partial charge < -0.3 is 5.32 Å². The van der Waals surface area contributed by atoms with Crippen molar-refractivity contribution in [3.8, 4) is 11.8 Å². The average molecular weight is 256 g/mol. The lowest BCUT2D eigenvalue weighted by Crippen LogP contribution is -2.15. The van der Waals surface area contributed by atoms with E-state index in [0.29, 0.717) is 0 Å². The van der Waals surface area contributed by atoms with Gasteiger partial charge in [-0.1, -0.05) is 0 Å². The Morgan fingerprint density at radius 2 is 2.43 bits per heavy atom. The van der Waals surface area contributed by atoms with E-state index in [2.05, 4.69) is 38.2 Å². The summed E-state index contributed by atoms with van der Waals surface area (Å²) in [6.45, 7) is 1.85. The van der Waals surface area contributed by atoms with E-state index in [1.807, 2.05) is 27.2 Å². The maximum Gasteiger partial charge on any atom is 0.108 e. The molecule has 0 saturated carbocycles. The topological polar surface area (TPSA) is 29.9 Å². The summed E-state index contributed by atoms with van der Waals surface area (Å²) < 4.78 is 2.81. The van der Waals surface area contributed by atoms with E-state index >= 15 is 0 Å². The summed E-state index contributed by atoms with van der Waals surface area (Å²) in [7, 11) is 3.84. The molecule has 1 aromatic heterocycles. The Labute approximate surface area is 93.0 Å². The third-order valence-corrected chi connectivity index (χ3v) is 3.07. The molecule has 1 heterocycles. The van der Waals surface area contributed by atoms with Crippen LogP contribution in [0.2, 0.25) is 0 Å². The number of hydrogen-bond donors (Lipinski definition) is 1. The van der Waals surface area contributed by atoms with Gasteiger partial charge >= 0.3 is 0 Å². The van der Waals surface area contributed by atoms with Crippen LogP contribution in [0.25, 0.3) is 0 Å². The minimum absolute atomic E-state index is 0.241. The zero-order chi connectivity index (χ0) is 10.6. The van der Waals surface area contributed by atoms with Gasteiger partial charge in [0.15, 0.2) is 0 Å². The first-order chi connectivity index (χ1) is 6.70. The Morgan fingerprint density at radius 1 is 1.71 bits per heavy atom. The lowest BCUT2D eigenvalue weighted by Gasteiger charge is -2.11. The zero-order valence-electron chi connectivity index (χ0n) is 8.63. The fourth-order valence-corrected chi connectivity index (χ4v) is 1.72. The molecule has 0 saturated heterocycles. The molecule has 76 valence electrons. The van der Waals surface area contributed by atoms with Crippen molar-refractivity contribution in [1.29, 1.82) is 0 Å². The van der Waals surface area contributed by atoms with Crippen LogP contribution in [0.15, 0.2) is 10.8 Å². The van der Waals surface area contributed by atoms with Crippen molar-refractivity contribution in [1.82, 2.24) is 15.1 Å². The van der Waals surface area contributed by atoms with Gasteiger partial charge in [-0.25, -0.2) is 0 Å². The summed E-state index contributed by atoms with van der Waals surface area (Å²) in [5.41, 5.74) is 1.15. The molecule has 4 heteroatoms. The first-order valence-electron chi connectivity index (χ1n) is 4.45. The Morgan fingerprint density at radius 3 is 2.86 bits per heavy atom. The van der Waals surface area contributed by atoms with Gasteiger partial charge in [-0.2, -0.15) is 5.10 Å². The Kier molecular flexibility index (Phi) is 4.18. The molecule has 0 bridgehead atoms. The lowest BCUT2D eigenvalue weighted by atomic mass is 10.1. The number of nitrogens with zero attached hydrogens (tertiary/aromatic N) is 2. The van der Waals surface area contributed by atoms with Crippen LogP contribution < -0.4 is 5.32 Å². The normalized spacial score (nSPS) is 12.0. The number of halogens is 1. The van der Waals surface area contributed by atoms with Gasteiger partial charge in [-0.05, 0) is 29.9 Å². The minimum Gasteiger partial charge on any atom is -0.312 e. The van der Waals surface area contributed by atoms with Crippen LogP contribution in [0, 0.1) is 11.8 Å². The summed E-state index contributed by atoms with van der Waals surface area (Å²) in [5.74, 6) is 5.96. The average Bonchev–Trinajstić information content (AvgIpc) is 2.51. The van der Waals surface area contributed by atoms with Crippen LogP contribution in [0.4, 0.5) is 0 Å². The molecule has 0 amide bonds. The zero-order valence-corrected chi connectivity index (χ0v) is 10.2. The van der Waals surface area contributed by atoms with Gasteiger partial charge in [0.1, 0.15) is 4.60 Å². The van der Waals surface area contributed by atoms with E-state index in [-0.39, 0.29) is 6.04 Å². The van der Waals surface area contributed by atoms with Gasteiger partial charge in [-0.15, -0.1) is 11.8 Å². The molecule has 1 N–H and O–H groups in total. The van der Waals surface area contributed by atoms with Crippen LogP contribution in [-0.4, -0.2) is 16.8 Å². The molecular formula is C10H14BrN3. The molecule has 1 aromatic rings. The van der Waals surface area contributed by atoms with E-state index in [4.69, 9.17) is 0 Å². The molecule has 0 spiro atoms. The van der Waals surface area contributed by atoms with Crippen molar-refractivity contribution >= 4 is 15.9 Å². The lowest BCUT2D eigenvalue weighted by molar-refractivity contribution is 0.606.